The Balaban J connectivity index is 2.86. The van der Waals surface area contributed by atoms with Crippen molar-refractivity contribution in [3.8, 4) is 0 Å². The van der Waals surface area contributed by atoms with Crippen molar-refractivity contribution in [2.75, 3.05) is 26.1 Å². The zero-order valence-corrected chi connectivity index (χ0v) is 15.6. The number of ether oxygens (including phenoxy) is 5. The fourth-order valence-electron chi connectivity index (χ4n) is 2.20. The molecule has 4 atom stereocenters. The van der Waals surface area contributed by atoms with Crippen LogP contribution >= 0.6 is 0 Å². The number of esters is 3. The molecule has 0 N–H and O–H groups in total. The molecule has 0 aromatic rings. The Morgan fingerprint density at radius 1 is 0.923 bits per heavy atom. The van der Waals surface area contributed by atoms with Crippen molar-refractivity contribution >= 4 is 28.0 Å². The van der Waals surface area contributed by atoms with Gasteiger partial charge in [0.15, 0.2) is 24.6 Å². The van der Waals surface area contributed by atoms with Crippen LogP contribution in [0, 0.1) is 0 Å². The van der Waals surface area contributed by atoms with E-state index < -0.39 is 52.6 Å². The van der Waals surface area contributed by atoms with Gasteiger partial charge in [-0.05, 0) is 0 Å². The summed E-state index contributed by atoms with van der Waals surface area (Å²) in [7, 11) is -3.64. The molecule has 0 bridgehead atoms. The average Bonchev–Trinajstić information content (AvgIpc) is 2.46. The lowest BCUT2D eigenvalue weighted by molar-refractivity contribution is -0.281. The third kappa shape index (κ3) is 8.08. The summed E-state index contributed by atoms with van der Waals surface area (Å²) in [6, 6.07) is 0. The molecule has 150 valence electrons. The SMILES string of the molecule is CC(=O)O[C@@H]1[C@@H](OC(C)=O)[C@H](OCCOS(C)(=O)=O)OC[C@@H]1OC(C)=O. The van der Waals surface area contributed by atoms with Gasteiger partial charge in [-0.2, -0.15) is 8.42 Å². The second-order valence-electron chi connectivity index (χ2n) is 5.39. The zero-order chi connectivity index (χ0) is 19.9. The maximum absolute atomic E-state index is 11.4. The van der Waals surface area contributed by atoms with Crippen molar-refractivity contribution in [1.82, 2.24) is 0 Å². The van der Waals surface area contributed by atoms with Crippen LogP contribution in [0.3, 0.4) is 0 Å². The van der Waals surface area contributed by atoms with E-state index in [4.69, 9.17) is 23.7 Å². The number of carbonyl (C=O) groups is 3. The third-order valence-corrected chi connectivity index (χ3v) is 3.56. The first-order chi connectivity index (χ1) is 12.0. The van der Waals surface area contributed by atoms with Crippen LogP contribution in [0.2, 0.25) is 0 Å². The van der Waals surface area contributed by atoms with Gasteiger partial charge in [0, 0.05) is 20.8 Å². The molecule has 11 nitrogen and oxygen atoms in total. The second kappa shape index (κ2) is 9.80. The molecule has 0 amide bonds. The second-order valence-corrected chi connectivity index (χ2v) is 7.04. The molecule has 1 heterocycles. The molecule has 0 spiro atoms. The lowest BCUT2D eigenvalue weighted by Gasteiger charge is -2.40. The van der Waals surface area contributed by atoms with Crippen LogP contribution in [0.4, 0.5) is 0 Å². The number of rotatable bonds is 8. The Bertz CT molecular complexity index is 614. The minimum Gasteiger partial charge on any atom is -0.456 e. The third-order valence-electron chi connectivity index (χ3n) is 2.97. The molecule has 0 unspecified atom stereocenters. The van der Waals surface area contributed by atoms with Gasteiger partial charge in [-0.1, -0.05) is 0 Å². The average molecular weight is 398 g/mol. The van der Waals surface area contributed by atoms with Crippen molar-refractivity contribution < 1.29 is 50.7 Å². The van der Waals surface area contributed by atoms with E-state index in [2.05, 4.69) is 4.18 Å². The van der Waals surface area contributed by atoms with Gasteiger partial charge in [-0.25, -0.2) is 0 Å². The summed E-state index contributed by atoms with van der Waals surface area (Å²) in [6.45, 7) is 2.74. The summed E-state index contributed by atoms with van der Waals surface area (Å²) in [6.07, 6.45) is -3.69. The lowest BCUT2D eigenvalue weighted by Crippen LogP contribution is -2.58. The smallest absolute Gasteiger partial charge is 0.303 e. The first-order valence-electron chi connectivity index (χ1n) is 7.59. The van der Waals surface area contributed by atoms with E-state index in [9.17, 15) is 22.8 Å². The lowest BCUT2D eigenvalue weighted by atomic mass is 10.0. The van der Waals surface area contributed by atoms with Crippen molar-refractivity contribution in [2.24, 2.45) is 0 Å². The van der Waals surface area contributed by atoms with Gasteiger partial charge >= 0.3 is 17.9 Å². The van der Waals surface area contributed by atoms with Crippen LogP contribution in [-0.2, 0) is 52.4 Å². The summed E-state index contributed by atoms with van der Waals surface area (Å²) in [5.74, 6) is -2.04. The highest BCUT2D eigenvalue weighted by atomic mass is 32.2. The van der Waals surface area contributed by atoms with E-state index in [0.29, 0.717) is 0 Å². The number of carbonyl (C=O) groups excluding carboxylic acids is 3. The van der Waals surface area contributed by atoms with Crippen LogP contribution in [0.15, 0.2) is 0 Å². The summed E-state index contributed by atoms with van der Waals surface area (Å²) in [5.41, 5.74) is 0. The quantitative estimate of drug-likeness (QED) is 0.218. The Kier molecular flexibility index (Phi) is 8.40. The van der Waals surface area contributed by atoms with Crippen LogP contribution < -0.4 is 0 Å². The minimum absolute atomic E-state index is 0.188. The van der Waals surface area contributed by atoms with Crippen molar-refractivity contribution in [3.63, 3.8) is 0 Å². The van der Waals surface area contributed by atoms with E-state index in [1.807, 2.05) is 0 Å². The molecule has 1 fully saturated rings. The molecule has 0 aliphatic carbocycles. The molecule has 0 saturated carbocycles. The highest BCUT2D eigenvalue weighted by Crippen LogP contribution is 2.25. The van der Waals surface area contributed by atoms with E-state index in [1.165, 1.54) is 0 Å². The Morgan fingerprint density at radius 3 is 1.96 bits per heavy atom. The topological polar surface area (TPSA) is 141 Å². The highest BCUT2D eigenvalue weighted by Gasteiger charge is 2.47. The molecule has 0 aromatic heterocycles. The maximum atomic E-state index is 11.4. The summed E-state index contributed by atoms with van der Waals surface area (Å²) in [4.78, 5) is 34.0. The Morgan fingerprint density at radius 2 is 1.46 bits per heavy atom. The minimum atomic E-state index is -3.64. The molecule has 1 aliphatic heterocycles. The number of hydrogen-bond acceptors (Lipinski definition) is 11. The van der Waals surface area contributed by atoms with Crippen LogP contribution in [0.25, 0.3) is 0 Å². The fourth-order valence-corrected chi connectivity index (χ4v) is 2.57. The van der Waals surface area contributed by atoms with Gasteiger partial charge in [0.05, 0.1) is 26.1 Å². The van der Waals surface area contributed by atoms with Gasteiger partial charge in [0.25, 0.3) is 10.1 Å². The summed E-state index contributed by atoms with van der Waals surface area (Å²) in [5, 5.41) is 0. The van der Waals surface area contributed by atoms with Gasteiger partial charge in [-0.15, -0.1) is 0 Å². The highest BCUT2D eigenvalue weighted by molar-refractivity contribution is 7.85. The summed E-state index contributed by atoms with van der Waals surface area (Å²) >= 11 is 0. The monoisotopic (exact) mass is 398 g/mol. The predicted molar refractivity (Wildman–Crippen MR) is 83.1 cm³/mol. The van der Waals surface area contributed by atoms with E-state index in [-0.39, 0.29) is 19.8 Å². The van der Waals surface area contributed by atoms with Crippen LogP contribution in [0.1, 0.15) is 20.8 Å². The molecule has 1 saturated heterocycles. The maximum Gasteiger partial charge on any atom is 0.303 e. The predicted octanol–water partition coefficient (Wildman–Crippen LogP) is -0.869. The van der Waals surface area contributed by atoms with Crippen molar-refractivity contribution in [3.05, 3.63) is 0 Å². The largest absolute Gasteiger partial charge is 0.456 e. The standard InChI is InChI=1S/C14H22O11S/c1-8(15)23-11-7-21-14(20-5-6-22-26(4,18)19)13(25-10(3)17)12(11)24-9(2)16/h11-14H,5-7H2,1-4H3/t11-,12-,13+,14+/m0/s1. The molecule has 0 radical (unpaired) electrons. The van der Waals surface area contributed by atoms with Gasteiger partial charge in [0.1, 0.15) is 0 Å². The fraction of sp³-hybridized carbons (Fsp3) is 0.786. The Labute approximate surface area is 150 Å². The van der Waals surface area contributed by atoms with E-state index in [0.717, 1.165) is 27.0 Å². The van der Waals surface area contributed by atoms with Crippen LogP contribution in [-0.4, -0.2) is 77.0 Å². The van der Waals surface area contributed by atoms with Crippen LogP contribution in [0.5, 0.6) is 0 Å². The summed E-state index contributed by atoms with van der Waals surface area (Å²) < 4.78 is 52.4. The van der Waals surface area contributed by atoms with Gasteiger partial charge in [0.2, 0.25) is 0 Å². The van der Waals surface area contributed by atoms with Gasteiger partial charge in [-0.3, -0.25) is 18.6 Å². The Hall–Kier alpha value is -1.76. The van der Waals surface area contributed by atoms with E-state index >= 15 is 0 Å². The van der Waals surface area contributed by atoms with Gasteiger partial charge < -0.3 is 23.7 Å². The van der Waals surface area contributed by atoms with Crippen molar-refractivity contribution in [1.29, 1.82) is 0 Å². The molecule has 1 aliphatic rings. The van der Waals surface area contributed by atoms with E-state index in [1.54, 1.807) is 0 Å². The number of hydrogen-bond donors (Lipinski definition) is 0. The molecule has 1 rings (SSSR count). The normalized spacial score (nSPS) is 26.0. The molecular formula is C14H22O11S. The molecular weight excluding hydrogens is 376 g/mol. The first kappa shape index (κ1) is 22.3. The van der Waals surface area contributed by atoms with Crippen molar-refractivity contribution in [2.45, 2.75) is 45.4 Å². The molecule has 0 aromatic carbocycles. The molecule has 12 heteroatoms. The first-order valence-corrected chi connectivity index (χ1v) is 9.40. The molecule has 26 heavy (non-hydrogen) atoms. The zero-order valence-electron chi connectivity index (χ0n) is 14.8.